The number of carbonyl (C=O) groups is 3. The molecule has 2 amide bonds. The number of carbonyl (C=O) groups excluding carboxylic acids is 3. The number of rotatable bonds is 6. The Hall–Kier alpha value is -2.95. The van der Waals surface area contributed by atoms with Crippen molar-refractivity contribution >= 4 is 23.3 Å². The number of benzene rings is 2. The van der Waals surface area contributed by atoms with E-state index in [0.717, 1.165) is 11.1 Å². The molecule has 5 heteroatoms. The Morgan fingerprint density at radius 1 is 0.958 bits per heavy atom. The number of amides is 2. The average Bonchev–Trinajstić information content (AvgIpc) is 2.53. The first-order valence-corrected chi connectivity index (χ1v) is 7.67. The van der Waals surface area contributed by atoms with Crippen molar-refractivity contribution in [3.8, 4) is 0 Å². The molecule has 0 heterocycles. The molecule has 2 rings (SSSR count). The molecule has 124 valence electrons. The number of hydrogen-bond acceptors (Lipinski definition) is 3. The first-order chi connectivity index (χ1) is 11.4. The van der Waals surface area contributed by atoms with Gasteiger partial charge in [-0.15, -0.1) is 0 Å². The van der Waals surface area contributed by atoms with Gasteiger partial charge < -0.3 is 10.6 Å². The summed E-state index contributed by atoms with van der Waals surface area (Å²) in [5.74, 6) is -0.773. The third-order valence-corrected chi connectivity index (χ3v) is 3.47. The highest BCUT2D eigenvalue weighted by molar-refractivity contribution is 6.03. The molecule has 0 saturated carbocycles. The lowest BCUT2D eigenvalue weighted by molar-refractivity contribution is -0.126. The highest BCUT2D eigenvalue weighted by Gasteiger charge is 2.10. The van der Waals surface area contributed by atoms with Crippen molar-refractivity contribution in [3.05, 3.63) is 65.2 Å². The molecule has 0 spiro atoms. The van der Waals surface area contributed by atoms with Crippen molar-refractivity contribution in [1.29, 1.82) is 0 Å². The topological polar surface area (TPSA) is 75.3 Å². The van der Waals surface area contributed by atoms with Crippen molar-refractivity contribution in [2.75, 3.05) is 5.32 Å². The smallest absolute Gasteiger partial charge is 0.233 e. The molecular formula is C19H20N2O3. The molecule has 2 aromatic carbocycles. The Morgan fingerprint density at radius 2 is 1.67 bits per heavy atom. The zero-order chi connectivity index (χ0) is 17.5. The predicted octanol–water partition coefficient (Wildman–Crippen LogP) is 2.84. The van der Waals surface area contributed by atoms with Crippen LogP contribution in [-0.4, -0.2) is 17.6 Å². The summed E-state index contributed by atoms with van der Waals surface area (Å²) >= 11 is 0. The van der Waals surface area contributed by atoms with E-state index in [-0.39, 0.29) is 18.1 Å². The maximum absolute atomic E-state index is 11.9. The van der Waals surface area contributed by atoms with Gasteiger partial charge in [-0.05, 0) is 43.7 Å². The number of aryl methyl sites for hydroxylation is 1. The van der Waals surface area contributed by atoms with E-state index in [9.17, 15) is 14.4 Å². The first kappa shape index (κ1) is 17.4. The van der Waals surface area contributed by atoms with E-state index in [2.05, 4.69) is 10.6 Å². The Labute approximate surface area is 141 Å². The molecule has 0 fully saturated rings. The number of hydrogen-bond donors (Lipinski definition) is 2. The van der Waals surface area contributed by atoms with Crippen molar-refractivity contribution in [1.82, 2.24) is 5.32 Å². The van der Waals surface area contributed by atoms with Crippen molar-refractivity contribution in [2.24, 2.45) is 0 Å². The fraction of sp³-hybridized carbons (Fsp3) is 0.211. The second-order valence-electron chi connectivity index (χ2n) is 5.62. The normalized spacial score (nSPS) is 10.1. The van der Waals surface area contributed by atoms with Gasteiger partial charge in [0.05, 0.1) is 0 Å². The molecule has 0 saturated heterocycles. The predicted molar refractivity (Wildman–Crippen MR) is 92.7 cm³/mol. The van der Waals surface area contributed by atoms with Crippen LogP contribution in [0.4, 0.5) is 5.69 Å². The average molecular weight is 324 g/mol. The van der Waals surface area contributed by atoms with Gasteiger partial charge in [0.1, 0.15) is 6.42 Å². The Bertz CT molecular complexity index is 751. The lowest BCUT2D eigenvalue weighted by atomic mass is 10.1. The van der Waals surface area contributed by atoms with E-state index < -0.39 is 5.91 Å². The molecular weight excluding hydrogens is 304 g/mol. The number of Topliss-reactive ketones (excluding diaryl/α,β-unsaturated/α-hetero) is 1. The highest BCUT2D eigenvalue weighted by Crippen LogP contribution is 2.10. The minimum atomic E-state index is -0.396. The first-order valence-electron chi connectivity index (χ1n) is 7.67. The molecule has 0 aliphatic heterocycles. The van der Waals surface area contributed by atoms with Crippen LogP contribution in [0.3, 0.4) is 0 Å². The fourth-order valence-corrected chi connectivity index (χ4v) is 2.22. The minimum absolute atomic E-state index is 0.0385. The van der Waals surface area contributed by atoms with Gasteiger partial charge in [-0.3, -0.25) is 14.4 Å². The summed E-state index contributed by atoms with van der Waals surface area (Å²) in [7, 11) is 0. The molecule has 0 bridgehead atoms. The Kier molecular flexibility index (Phi) is 5.84. The van der Waals surface area contributed by atoms with E-state index >= 15 is 0 Å². The van der Waals surface area contributed by atoms with E-state index in [1.807, 2.05) is 31.2 Å². The third kappa shape index (κ3) is 5.35. The van der Waals surface area contributed by atoms with E-state index in [0.29, 0.717) is 17.8 Å². The quantitative estimate of drug-likeness (QED) is 0.634. The van der Waals surface area contributed by atoms with Crippen molar-refractivity contribution in [2.45, 2.75) is 26.8 Å². The Morgan fingerprint density at radius 3 is 2.29 bits per heavy atom. The number of nitrogens with one attached hydrogen (secondary N) is 2. The van der Waals surface area contributed by atoms with Crippen LogP contribution >= 0.6 is 0 Å². The van der Waals surface area contributed by atoms with E-state index in [1.54, 1.807) is 24.3 Å². The van der Waals surface area contributed by atoms with Gasteiger partial charge in [-0.25, -0.2) is 0 Å². The lowest BCUT2D eigenvalue weighted by Crippen LogP contribution is -2.27. The summed E-state index contributed by atoms with van der Waals surface area (Å²) < 4.78 is 0. The van der Waals surface area contributed by atoms with Gasteiger partial charge in [-0.1, -0.05) is 29.8 Å². The molecule has 0 radical (unpaired) electrons. The SMILES string of the molecule is CC(=O)c1ccc(NC(=O)CC(=O)NCc2cccc(C)c2)cc1. The Balaban J connectivity index is 1.81. The van der Waals surface area contributed by atoms with Crippen LogP contribution in [0.2, 0.25) is 0 Å². The van der Waals surface area contributed by atoms with Crippen LogP contribution in [0.5, 0.6) is 0 Å². The van der Waals surface area contributed by atoms with Crippen LogP contribution in [0.25, 0.3) is 0 Å². The van der Waals surface area contributed by atoms with Gasteiger partial charge in [0, 0.05) is 17.8 Å². The van der Waals surface area contributed by atoms with Crippen LogP contribution in [0.1, 0.15) is 34.8 Å². The van der Waals surface area contributed by atoms with Crippen molar-refractivity contribution in [3.63, 3.8) is 0 Å². The molecule has 0 aliphatic rings. The van der Waals surface area contributed by atoms with Crippen LogP contribution in [0, 0.1) is 6.92 Å². The summed E-state index contributed by atoms with van der Waals surface area (Å²) in [5.41, 5.74) is 3.23. The lowest BCUT2D eigenvalue weighted by Gasteiger charge is -2.07. The van der Waals surface area contributed by atoms with Gasteiger partial charge in [0.15, 0.2) is 5.78 Å². The van der Waals surface area contributed by atoms with Crippen LogP contribution < -0.4 is 10.6 Å². The van der Waals surface area contributed by atoms with Crippen molar-refractivity contribution < 1.29 is 14.4 Å². The maximum Gasteiger partial charge on any atom is 0.233 e. The molecule has 2 aromatic rings. The summed E-state index contributed by atoms with van der Waals surface area (Å²) in [4.78, 5) is 34.9. The van der Waals surface area contributed by atoms with Gasteiger partial charge in [0.25, 0.3) is 0 Å². The largest absolute Gasteiger partial charge is 0.352 e. The van der Waals surface area contributed by atoms with Gasteiger partial charge >= 0.3 is 0 Å². The van der Waals surface area contributed by atoms with Crippen LogP contribution in [0.15, 0.2) is 48.5 Å². The van der Waals surface area contributed by atoms with Gasteiger partial charge in [0.2, 0.25) is 11.8 Å². The molecule has 2 N–H and O–H groups in total. The summed E-state index contributed by atoms with van der Waals surface area (Å²) in [6.07, 6.45) is -0.250. The van der Waals surface area contributed by atoms with E-state index in [4.69, 9.17) is 0 Å². The molecule has 24 heavy (non-hydrogen) atoms. The molecule has 5 nitrogen and oxygen atoms in total. The zero-order valence-corrected chi connectivity index (χ0v) is 13.8. The second kappa shape index (κ2) is 8.06. The molecule has 0 aliphatic carbocycles. The van der Waals surface area contributed by atoms with E-state index in [1.165, 1.54) is 6.92 Å². The number of ketones is 1. The van der Waals surface area contributed by atoms with Gasteiger partial charge in [-0.2, -0.15) is 0 Å². The summed E-state index contributed by atoms with van der Waals surface area (Å²) in [5, 5.41) is 5.36. The molecule has 0 unspecified atom stereocenters. The monoisotopic (exact) mass is 324 g/mol. The standard InChI is InChI=1S/C19H20N2O3/c1-13-4-3-5-15(10-13)12-20-18(23)11-19(24)21-17-8-6-16(7-9-17)14(2)22/h3-10H,11-12H2,1-2H3,(H,20,23)(H,21,24). The molecule has 0 aromatic heterocycles. The number of anilines is 1. The zero-order valence-electron chi connectivity index (χ0n) is 13.8. The fourth-order valence-electron chi connectivity index (χ4n) is 2.22. The third-order valence-electron chi connectivity index (χ3n) is 3.47. The maximum atomic E-state index is 11.9. The second-order valence-corrected chi connectivity index (χ2v) is 5.62. The molecule has 0 atom stereocenters. The highest BCUT2D eigenvalue weighted by atomic mass is 16.2. The summed E-state index contributed by atoms with van der Waals surface area (Å²) in [6.45, 7) is 3.85. The van der Waals surface area contributed by atoms with Crippen LogP contribution in [-0.2, 0) is 16.1 Å². The minimum Gasteiger partial charge on any atom is -0.352 e. The summed E-state index contributed by atoms with van der Waals surface area (Å²) in [6, 6.07) is 14.4.